The number of piperidine rings is 1. The van der Waals surface area contributed by atoms with Gasteiger partial charge in [-0.3, -0.25) is 14.3 Å². The van der Waals surface area contributed by atoms with Crippen LogP contribution in [0.2, 0.25) is 0 Å². The molecule has 2 aliphatic heterocycles. The van der Waals surface area contributed by atoms with Gasteiger partial charge >= 0.3 is 11.7 Å². The van der Waals surface area contributed by atoms with E-state index in [9.17, 15) is 19.5 Å². The Morgan fingerprint density at radius 2 is 1.96 bits per heavy atom. The Kier molecular flexibility index (Phi) is 5.15. The standard InChI is InChI=1S/C16H23N3O5/c20-14-12(10-18-6-2-1-3-7-18)13(15(21)22)17-16(23)19(14)9-11-5-4-8-24-11/h11H,1-10H2,(H,17,23)(H,21,22). The molecule has 3 rings (SSSR count). The minimum atomic E-state index is -1.28. The van der Waals surface area contributed by atoms with Crippen molar-refractivity contribution in [2.45, 2.75) is 51.3 Å². The van der Waals surface area contributed by atoms with Crippen LogP contribution in [0.1, 0.15) is 48.2 Å². The molecule has 0 aliphatic carbocycles. The van der Waals surface area contributed by atoms with E-state index in [1.807, 2.05) is 0 Å². The van der Waals surface area contributed by atoms with Crippen LogP contribution < -0.4 is 11.2 Å². The lowest BCUT2D eigenvalue weighted by atomic mass is 10.1. The molecular formula is C16H23N3O5. The van der Waals surface area contributed by atoms with Crippen molar-refractivity contribution >= 4 is 5.97 Å². The van der Waals surface area contributed by atoms with Crippen LogP contribution >= 0.6 is 0 Å². The van der Waals surface area contributed by atoms with Gasteiger partial charge in [0.15, 0.2) is 0 Å². The molecule has 3 heterocycles. The van der Waals surface area contributed by atoms with E-state index < -0.39 is 17.2 Å². The molecule has 2 saturated heterocycles. The van der Waals surface area contributed by atoms with Crippen molar-refractivity contribution in [3.8, 4) is 0 Å². The van der Waals surface area contributed by atoms with E-state index >= 15 is 0 Å². The zero-order valence-electron chi connectivity index (χ0n) is 13.6. The molecule has 0 saturated carbocycles. The monoisotopic (exact) mass is 337 g/mol. The fraction of sp³-hybridized carbons (Fsp3) is 0.688. The van der Waals surface area contributed by atoms with Crippen LogP contribution in [0.4, 0.5) is 0 Å². The van der Waals surface area contributed by atoms with E-state index in [-0.39, 0.29) is 30.5 Å². The summed E-state index contributed by atoms with van der Waals surface area (Å²) in [6.45, 7) is 2.72. The first-order chi connectivity index (χ1) is 11.6. The molecule has 0 amide bonds. The molecule has 2 fully saturated rings. The Labute approximate surface area is 139 Å². The lowest BCUT2D eigenvalue weighted by Gasteiger charge is -2.26. The van der Waals surface area contributed by atoms with Gasteiger partial charge in [-0.25, -0.2) is 9.59 Å². The van der Waals surface area contributed by atoms with E-state index in [0.717, 1.165) is 49.8 Å². The van der Waals surface area contributed by atoms with Crippen molar-refractivity contribution in [3.63, 3.8) is 0 Å². The number of hydrogen-bond acceptors (Lipinski definition) is 5. The predicted octanol–water partition coefficient (Wildman–Crippen LogP) is 0.400. The molecule has 2 N–H and O–H groups in total. The normalized spacial score (nSPS) is 21.9. The topological polar surface area (TPSA) is 105 Å². The number of rotatable bonds is 5. The van der Waals surface area contributed by atoms with Crippen LogP contribution in [0.5, 0.6) is 0 Å². The second-order valence-corrected chi connectivity index (χ2v) is 6.48. The quantitative estimate of drug-likeness (QED) is 0.806. The molecule has 8 nitrogen and oxygen atoms in total. The highest BCUT2D eigenvalue weighted by molar-refractivity contribution is 5.86. The number of likely N-dealkylation sites (tertiary alicyclic amines) is 1. The summed E-state index contributed by atoms with van der Waals surface area (Å²) in [5, 5.41) is 9.36. The van der Waals surface area contributed by atoms with Crippen molar-refractivity contribution in [2.24, 2.45) is 0 Å². The molecule has 0 radical (unpaired) electrons. The maximum atomic E-state index is 12.8. The molecule has 2 aliphatic rings. The number of carboxylic acid groups (broad SMARTS) is 1. The highest BCUT2D eigenvalue weighted by Crippen LogP contribution is 2.14. The first kappa shape index (κ1) is 16.9. The van der Waals surface area contributed by atoms with Gasteiger partial charge in [-0.1, -0.05) is 6.42 Å². The minimum absolute atomic E-state index is 0.155. The number of nitrogens with zero attached hydrogens (tertiary/aromatic N) is 2. The summed E-state index contributed by atoms with van der Waals surface area (Å²) >= 11 is 0. The predicted molar refractivity (Wildman–Crippen MR) is 86.4 cm³/mol. The third-order valence-corrected chi connectivity index (χ3v) is 4.74. The summed E-state index contributed by atoms with van der Waals surface area (Å²) < 4.78 is 6.58. The lowest BCUT2D eigenvalue weighted by molar-refractivity contribution is 0.0685. The van der Waals surface area contributed by atoms with E-state index in [2.05, 4.69) is 9.88 Å². The summed E-state index contributed by atoms with van der Waals surface area (Å²) in [5.74, 6) is -1.28. The average Bonchev–Trinajstić information content (AvgIpc) is 3.08. The maximum absolute atomic E-state index is 12.8. The summed E-state index contributed by atoms with van der Waals surface area (Å²) in [7, 11) is 0. The maximum Gasteiger partial charge on any atom is 0.352 e. The van der Waals surface area contributed by atoms with Crippen LogP contribution in [-0.2, 0) is 17.8 Å². The van der Waals surface area contributed by atoms with Crippen molar-refractivity contribution in [3.05, 3.63) is 32.1 Å². The van der Waals surface area contributed by atoms with Gasteiger partial charge in [-0.2, -0.15) is 0 Å². The Morgan fingerprint density at radius 3 is 2.58 bits per heavy atom. The number of nitrogens with one attached hydrogen (secondary N) is 1. The SMILES string of the molecule is O=C(O)c1[nH]c(=O)n(CC2CCCO2)c(=O)c1CN1CCCCC1. The van der Waals surface area contributed by atoms with E-state index in [4.69, 9.17) is 4.74 Å². The van der Waals surface area contributed by atoms with Gasteiger partial charge in [0.2, 0.25) is 0 Å². The van der Waals surface area contributed by atoms with Gasteiger partial charge in [-0.15, -0.1) is 0 Å². The number of hydrogen-bond donors (Lipinski definition) is 2. The summed E-state index contributed by atoms with van der Waals surface area (Å²) in [5.41, 5.74) is -1.34. The molecule has 24 heavy (non-hydrogen) atoms. The van der Waals surface area contributed by atoms with E-state index in [1.165, 1.54) is 0 Å². The van der Waals surface area contributed by atoms with Crippen LogP contribution in [0.15, 0.2) is 9.59 Å². The molecule has 1 aromatic heterocycles. The molecule has 8 heteroatoms. The number of carbonyl (C=O) groups is 1. The minimum Gasteiger partial charge on any atom is -0.477 e. The fourth-order valence-corrected chi connectivity index (χ4v) is 3.44. The lowest BCUT2D eigenvalue weighted by Crippen LogP contribution is -2.44. The molecule has 1 unspecified atom stereocenters. The number of carboxylic acids is 1. The molecule has 1 atom stereocenters. The number of aromatic carboxylic acids is 1. The smallest absolute Gasteiger partial charge is 0.352 e. The van der Waals surface area contributed by atoms with Crippen LogP contribution in [0, 0.1) is 0 Å². The number of aromatic nitrogens is 2. The largest absolute Gasteiger partial charge is 0.477 e. The van der Waals surface area contributed by atoms with E-state index in [1.54, 1.807) is 0 Å². The summed E-state index contributed by atoms with van der Waals surface area (Å²) in [6, 6.07) is 0. The number of ether oxygens (including phenoxy) is 1. The highest BCUT2D eigenvalue weighted by Gasteiger charge is 2.24. The van der Waals surface area contributed by atoms with Crippen LogP contribution in [-0.4, -0.2) is 51.3 Å². The van der Waals surface area contributed by atoms with Gasteiger partial charge in [0.25, 0.3) is 5.56 Å². The van der Waals surface area contributed by atoms with Crippen LogP contribution in [0.3, 0.4) is 0 Å². The average molecular weight is 337 g/mol. The Morgan fingerprint density at radius 1 is 1.21 bits per heavy atom. The Hall–Kier alpha value is -1.93. The molecular weight excluding hydrogens is 314 g/mol. The zero-order chi connectivity index (χ0) is 17.1. The second kappa shape index (κ2) is 7.31. The summed E-state index contributed by atoms with van der Waals surface area (Å²) in [4.78, 5) is 40.9. The Balaban J connectivity index is 1.95. The molecule has 0 spiro atoms. The van der Waals surface area contributed by atoms with Gasteiger partial charge in [0, 0.05) is 13.2 Å². The van der Waals surface area contributed by atoms with Crippen LogP contribution in [0.25, 0.3) is 0 Å². The van der Waals surface area contributed by atoms with Gasteiger partial charge in [-0.05, 0) is 38.8 Å². The molecule has 1 aromatic rings. The van der Waals surface area contributed by atoms with Crippen molar-refractivity contribution in [1.29, 1.82) is 0 Å². The first-order valence-electron chi connectivity index (χ1n) is 8.49. The van der Waals surface area contributed by atoms with E-state index in [0.29, 0.717) is 6.61 Å². The van der Waals surface area contributed by atoms with Crippen molar-refractivity contribution in [1.82, 2.24) is 14.5 Å². The molecule has 132 valence electrons. The summed E-state index contributed by atoms with van der Waals surface area (Å²) in [6.07, 6.45) is 4.77. The van der Waals surface area contributed by atoms with Gasteiger partial charge in [0.1, 0.15) is 5.69 Å². The Bertz CT molecular complexity index is 711. The number of aromatic amines is 1. The third-order valence-electron chi connectivity index (χ3n) is 4.74. The molecule has 0 bridgehead atoms. The zero-order valence-corrected chi connectivity index (χ0v) is 13.6. The van der Waals surface area contributed by atoms with Crippen molar-refractivity contribution in [2.75, 3.05) is 19.7 Å². The third kappa shape index (κ3) is 3.59. The number of H-pyrrole nitrogens is 1. The van der Waals surface area contributed by atoms with Gasteiger partial charge < -0.3 is 14.8 Å². The van der Waals surface area contributed by atoms with Crippen molar-refractivity contribution < 1.29 is 14.6 Å². The molecule has 0 aromatic carbocycles. The second-order valence-electron chi connectivity index (χ2n) is 6.48. The highest BCUT2D eigenvalue weighted by atomic mass is 16.5. The van der Waals surface area contributed by atoms with Gasteiger partial charge in [0.05, 0.1) is 18.2 Å². The fourth-order valence-electron chi connectivity index (χ4n) is 3.44. The first-order valence-corrected chi connectivity index (χ1v) is 8.49.